The Bertz CT molecular complexity index is 925. The molecule has 2 saturated heterocycles. The minimum absolute atomic E-state index is 0.0416. The molecule has 3 aliphatic heterocycles. The zero-order valence-electron chi connectivity index (χ0n) is 16.9. The molecule has 6 nitrogen and oxygen atoms in total. The van der Waals surface area contributed by atoms with Gasteiger partial charge >= 0.3 is 0 Å². The molecule has 5 rings (SSSR count). The number of hydrogen-bond donors (Lipinski definition) is 0. The summed E-state index contributed by atoms with van der Waals surface area (Å²) in [6, 6.07) is 5.83. The number of benzene rings is 1. The van der Waals surface area contributed by atoms with Crippen LogP contribution in [0.25, 0.3) is 0 Å². The normalized spacial score (nSPS) is 23.6. The lowest BCUT2D eigenvalue weighted by Gasteiger charge is -2.34. The van der Waals surface area contributed by atoms with E-state index in [1.807, 2.05) is 11.0 Å². The van der Waals surface area contributed by atoms with Crippen molar-refractivity contribution in [2.45, 2.75) is 44.3 Å². The zero-order chi connectivity index (χ0) is 20.7. The summed E-state index contributed by atoms with van der Waals surface area (Å²) in [7, 11) is 0. The van der Waals surface area contributed by atoms with Crippen molar-refractivity contribution < 1.29 is 23.5 Å². The molecule has 1 spiro atoms. The molecule has 0 saturated carbocycles. The van der Waals surface area contributed by atoms with E-state index in [9.17, 15) is 14.0 Å². The number of rotatable bonds is 2. The second kappa shape index (κ2) is 7.63. The summed E-state index contributed by atoms with van der Waals surface area (Å²) in [5.74, 6) is -2.17. The monoisotopic (exact) mass is 412 g/mol. The highest BCUT2D eigenvalue weighted by Crippen LogP contribution is 2.46. The van der Waals surface area contributed by atoms with Crippen LogP contribution in [0.2, 0.25) is 0 Å². The Labute approximate surface area is 174 Å². The number of hydrogen-bond acceptors (Lipinski definition) is 4. The first-order valence-corrected chi connectivity index (χ1v) is 10.7. The van der Waals surface area contributed by atoms with Gasteiger partial charge in [0.2, 0.25) is 5.91 Å². The average Bonchev–Trinajstić information content (AvgIpc) is 3.02. The second-order valence-corrected chi connectivity index (χ2v) is 8.17. The summed E-state index contributed by atoms with van der Waals surface area (Å²) in [6.45, 7) is 2.37. The van der Waals surface area contributed by atoms with Crippen molar-refractivity contribution in [2.75, 3.05) is 31.2 Å². The van der Waals surface area contributed by atoms with Crippen LogP contribution < -0.4 is 4.90 Å². The van der Waals surface area contributed by atoms with Crippen LogP contribution in [0.3, 0.4) is 0 Å². The average molecular weight is 412 g/mol. The topological polar surface area (TPSA) is 59.1 Å². The number of fused-ring (bicyclic) bond motifs is 1. The number of halogens is 1. The smallest absolute Gasteiger partial charge is 0.296 e. The van der Waals surface area contributed by atoms with Crippen molar-refractivity contribution in [1.29, 1.82) is 0 Å². The maximum absolute atomic E-state index is 13.5. The van der Waals surface area contributed by atoms with Crippen LogP contribution in [-0.4, -0.2) is 48.8 Å². The first-order valence-electron chi connectivity index (χ1n) is 10.7. The second-order valence-electron chi connectivity index (χ2n) is 8.17. The fraction of sp³-hybridized carbons (Fsp3) is 0.478. The van der Waals surface area contributed by atoms with Crippen molar-refractivity contribution in [1.82, 2.24) is 4.90 Å². The summed E-state index contributed by atoms with van der Waals surface area (Å²) >= 11 is 0. The Morgan fingerprint density at radius 2 is 1.67 bits per heavy atom. The third-order valence-corrected chi connectivity index (χ3v) is 6.27. The first-order chi connectivity index (χ1) is 14.6. The number of likely N-dealkylation sites (tertiary alicyclic amines) is 1. The van der Waals surface area contributed by atoms with Gasteiger partial charge in [-0.2, -0.15) is 0 Å². The van der Waals surface area contributed by atoms with Gasteiger partial charge in [0, 0.05) is 35.6 Å². The molecule has 2 amide bonds. The van der Waals surface area contributed by atoms with E-state index in [1.54, 1.807) is 17.0 Å². The SMILES string of the molecule is O=C(C1=CC2=C(CC1)N(c1ccc(F)cc1)C(=O)C21OCCCO1)N1CCCCC1. The van der Waals surface area contributed by atoms with Crippen LogP contribution in [-0.2, 0) is 19.1 Å². The van der Waals surface area contributed by atoms with Gasteiger partial charge in [-0.05, 0) is 68.9 Å². The molecule has 0 bridgehead atoms. The standard InChI is InChI=1S/C23H25FN2O4/c24-17-6-8-18(9-7-17)26-20-10-5-16(21(27)25-11-2-1-3-12-25)15-19(20)23(22(26)28)29-13-4-14-30-23/h6-9,15H,1-5,10-14H2. The molecular weight excluding hydrogens is 387 g/mol. The van der Waals surface area contributed by atoms with E-state index in [-0.39, 0.29) is 17.6 Å². The lowest BCUT2D eigenvalue weighted by molar-refractivity contribution is -0.229. The molecular formula is C23H25FN2O4. The number of nitrogens with zero attached hydrogens (tertiary/aromatic N) is 2. The van der Waals surface area contributed by atoms with E-state index >= 15 is 0 Å². The van der Waals surface area contributed by atoms with Gasteiger partial charge in [0.25, 0.3) is 11.7 Å². The van der Waals surface area contributed by atoms with E-state index in [2.05, 4.69) is 0 Å². The highest BCUT2D eigenvalue weighted by atomic mass is 19.1. The van der Waals surface area contributed by atoms with Crippen molar-refractivity contribution in [3.63, 3.8) is 0 Å². The van der Waals surface area contributed by atoms with Crippen molar-refractivity contribution in [3.8, 4) is 0 Å². The minimum atomic E-state index is -1.52. The van der Waals surface area contributed by atoms with Gasteiger partial charge in [-0.1, -0.05) is 0 Å². The summed E-state index contributed by atoms with van der Waals surface area (Å²) in [6.07, 6.45) is 6.80. The maximum atomic E-state index is 13.5. The van der Waals surface area contributed by atoms with Crippen LogP contribution in [0, 0.1) is 5.82 Å². The molecule has 3 heterocycles. The van der Waals surface area contributed by atoms with Crippen LogP contribution in [0.4, 0.5) is 10.1 Å². The molecule has 1 aromatic carbocycles. The van der Waals surface area contributed by atoms with Gasteiger partial charge in [-0.15, -0.1) is 0 Å². The van der Waals surface area contributed by atoms with Gasteiger partial charge in [0.05, 0.1) is 13.2 Å². The van der Waals surface area contributed by atoms with E-state index in [0.29, 0.717) is 49.3 Å². The lowest BCUT2D eigenvalue weighted by atomic mass is 9.92. The molecule has 1 aliphatic carbocycles. The van der Waals surface area contributed by atoms with E-state index < -0.39 is 5.79 Å². The number of anilines is 1. The summed E-state index contributed by atoms with van der Waals surface area (Å²) in [5.41, 5.74) is 2.65. The fourth-order valence-electron chi connectivity index (χ4n) is 4.76. The molecule has 4 aliphatic rings. The van der Waals surface area contributed by atoms with Crippen LogP contribution >= 0.6 is 0 Å². The van der Waals surface area contributed by atoms with Gasteiger partial charge in [0.1, 0.15) is 5.82 Å². The van der Waals surface area contributed by atoms with Crippen LogP contribution in [0.5, 0.6) is 0 Å². The molecule has 0 aromatic heterocycles. The Hall–Kier alpha value is -2.51. The summed E-state index contributed by atoms with van der Waals surface area (Å²) in [5, 5.41) is 0. The van der Waals surface area contributed by atoms with E-state index in [1.165, 1.54) is 12.1 Å². The van der Waals surface area contributed by atoms with E-state index in [0.717, 1.165) is 38.0 Å². The number of carbonyl (C=O) groups is 2. The van der Waals surface area contributed by atoms with Gasteiger partial charge in [-0.25, -0.2) is 4.39 Å². The Morgan fingerprint density at radius 3 is 2.37 bits per heavy atom. The largest absolute Gasteiger partial charge is 0.339 e. The zero-order valence-corrected chi connectivity index (χ0v) is 16.9. The van der Waals surface area contributed by atoms with Crippen molar-refractivity contribution in [3.05, 3.63) is 53.0 Å². The van der Waals surface area contributed by atoms with E-state index in [4.69, 9.17) is 9.47 Å². The molecule has 7 heteroatoms. The lowest BCUT2D eigenvalue weighted by Crippen LogP contribution is -2.50. The third kappa shape index (κ3) is 3.08. The van der Waals surface area contributed by atoms with Gasteiger partial charge in [-0.3, -0.25) is 14.5 Å². The highest BCUT2D eigenvalue weighted by molar-refractivity contribution is 6.09. The quantitative estimate of drug-likeness (QED) is 0.748. The number of piperidine rings is 1. The number of amides is 2. The summed E-state index contributed by atoms with van der Waals surface area (Å²) < 4.78 is 25.3. The Kier molecular flexibility index (Phi) is 4.95. The minimum Gasteiger partial charge on any atom is -0.339 e. The highest BCUT2D eigenvalue weighted by Gasteiger charge is 2.57. The Morgan fingerprint density at radius 1 is 0.967 bits per heavy atom. The number of allylic oxidation sites excluding steroid dienone is 1. The molecule has 158 valence electrons. The molecule has 2 fully saturated rings. The predicted octanol–water partition coefficient (Wildman–Crippen LogP) is 3.29. The maximum Gasteiger partial charge on any atom is 0.296 e. The number of carbonyl (C=O) groups excluding carboxylic acids is 2. The predicted molar refractivity (Wildman–Crippen MR) is 108 cm³/mol. The molecule has 0 radical (unpaired) electrons. The number of ether oxygens (including phenoxy) is 2. The third-order valence-electron chi connectivity index (χ3n) is 6.27. The van der Waals surface area contributed by atoms with Crippen molar-refractivity contribution >= 4 is 17.5 Å². The molecule has 0 N–H and O–H groups in total. The molecule has 0 atom stereocenters. The van der Waals surface area contributed by atoms with Crippen LogP contribution in [0.15, 0.2) is 47.2 Å². The first kappa shape index (κ1) is 19.5. The summed E-state index contributed by atoms with van der Waals surface area (Å²) in [4.78, 5) is 30.1. The van der Waals surface area contributed by atoms with Gasteiger partial charge in [0.15, 0.2) is 0 Å². The molecule has 1 aromatic rings. The van der Waals surface area contributed by atoms with Crippen LogP contribution in [0.1, 0.15) is 38.5 Å². The molecule has 30 heavy (non-hydrogen) atoms. The Balaban J connectivity index is 1.55. The molecule has 0 unspecified atom stereocenters. The fourth-order valence-corrected chi connectivity index (χ4v) is 4.76. The van der Waals surface area contributed by atoms with Gasteiger partial charge < -0.3 is 14.4 Å². The van der Waals surface area contributed by atoms with Crippen molar-refractivity contribution in [2.24, 2.45) is 0 Å².